The summed E-state index contributed by atoms with van der Waals surface area (Å²) in [4.78, 5) is 15.1. The first-order valence-electron chi connectivity index (χ1n) is 8.21. The molecule has 0 fully saturated rings. The van der Waals surface area contributed by atoms with Crippen LogP contribution in [0.3, 0.4) is 0 Å². The fourth-order valence-corrected chi connectivity index (χ4v) is 4.99. The summed E-state index contributed by atoms with van der Waals surface area (Å²) in [5.74, 6) is -0.0728. The molecular weight excluding hydrogens is 458 g/mol. The maximum atomic E-state index is 12.7. The molecule has 0 spiro atoms. The maximum absolute atomic E-state index is 12.7. The molecule has 1 heterocycles. The third-order valence-electron chi connectivity index (χ3n) is 4.20. The van der Waals surface area contributed by atoms with Crippen molar-refractivity contribution >= 4 is 81.3 Å². The molecule has 0 saturated heterocycles. The summed E-state index contributed by atoms with van der Waals surface area (Å²) >= 11 is 26.1. The van der Waals surface area contributed by atoms with Crippen molar-refractivity contribution in [3.05, 3.63) is 80.3 Å². The molecule has 0 aliphatic carbocycles. The van der Waals surface area contributed by atoms with Crippen molar-refractivity contribution < 1.29 is 4.79 Å². The van der Waals surface area contributed by atoms with Gasteiger partial charge in [-0.25, -0.2) is 0 Å². The molecule has 0 atom stereocenters. The molecule has 1 aliphatic rings. The third-order valence-corrected chi connectivity index (χ3v) is 6.05. The minimum atomic E-state index is -0.0728. The summed E-state index contributed by atoms with van der Waals surface area (Å²) in [7, 11) is 0. The number of anilines is 3. The summed E-state index contributed by atoms with van der Waals surface area (Å²) in [5.41, 5.74) is 3.05. The molecule has 1 aliphatic heterocycles. The Bertz CT molecular complexity index is 1050. The van der Waals surface area contributed by atoms with Crippen molar-refractivity contribution in [3.8, 4) is 0 Å². The summed E-state index contributed by atoms with van der Waals surface area (Å²) in [6, 6.07) is 16.2. The molecule has 0 unspecified atom stereocenters. The van der Waals surface area contributed by atoms with Gasteiger partial charge < -0.3 is 4.72 Å². The van der Waals surface area contributed by atoms with Gasteiger partial charge in [0.2, 0.25) is 5.91 Å². The second kappa shape index (κ2) is 8.05. The molecule has 3 nitrogen and oxygen atoms in total. The zero-order valence-electron chi connectivity index (χ0n) is 14.2. The molecule has 3 aromatic rings. The van der Waals surface area contributed by atoms with Gasteiger partial charge in [-0.2, -0.15) is 0 Å². The summed E-state index contributed by atoms with van der Waals surface area (Å²) in [6.07, 6.45) is 0.278. The first-order chi connectivity index (χ1) is 13.4. The number of benzene rings is 3. The van der Waals surface area contributed by atoms with Gasteiger partial charge in [0.05, 0.1) is 27.8 Å². The predicted octanol–water partition coefficient (Wildman–Crippen LogP) is 7.64. The first-order valence-corrected chi connectivity index (χ1v) is 10.5. The van der Waals surface area contributed by atoms with E-state index in [0.29, 0.717) is 25.8 Å². The van der Waals surface area contributed by atoms with Crippen LogP contribution in [-0.4, -0.2) is 5.91 Å². The van der Waals surface area contributed by atoms with Gasteiger partial charge in [-0.3, -0.25) is 9.69 Å². The molecule has 0 aromatic heterocycles. The Hall–Kier alpha value is -1.56. The lowest BCUT2D eigenvalue weighted by molar-refractivity contribution is -0.116. The van der Waals surface area contributed by atoms with Crippen LogP contribution in [0.25, 0.3) is 0 Å². The van der Waals surface area contributed by atoms with Crippen LogP contribution in [0.1, 0.15) is 5.56 Å². The van der Waals surface area contributed by atoms with Crippen LogP contribution in [0.15, 0.2) is 59.5 Å². The van der Waals surface area contributed by atoms with Gasteiger partial charge in [-0.1, -0.05) is 52.5 Å². The maximum Gasteiger partial charge on any atom is 0.236 e. The lowest BCUT2D eigenvalue weighted by atomic mass is 10.1. The lowest BCUT2D eigenvalue weighted by Crippen LogP contribution is -2.21. The molecular formula is C20H12Cl4N2OS. The summed E-state index contributed by atoms with van der Waals surface area (Å²) in [5, 5.41) is 2.01. The summed E-state index contributed by atoms with van der Waals surface area (Å²) < 4.78 is 3.25. The van der Waals surface area contributed by atoms with Crippen LogP contribution in [-0.2, 0) is 11.2 Å². The minimum Gasteiger partial charge on any atom is -0.326 e. The zero-order valence-corrected chi connectivity index (χ0v) is 18.0. The second-order valence-corrected chi connectivity index (χ2v) is 8.70. The van der Waals surface area contributed by atoms with Gasteiger partial charge in [0.25, 0.3) is 0 Å². The number of nitrogens with one attached hydrogen (secondary N) is 1. The Morgan fingerprint density at radius 2 is 1.57 bits per heavy atom. The SMILES string of the molecule is O=C1Cc2cc(NSc3cc(Cl)cc(Cl)c3)ccc2N1c1c(Cl)cccc1Cl. The highest BCUT2D eigenvalue weighted by Gasteiger charge is 2.31. The van der Waals surface area contributed by atoms with E-state index in [1.165, 1.54) is 11.9 Å². The van der Waals surface area contributed by atoms with Crippen LogP contribution < -0.4 is 9.62 Å². The van der Waals surface area contributed by atoms with Gasteiger partial charge in [-0.15, -0.1) is 0 Å². The van der Waals surface area contributed by atoms with E-state index < -0.39 is 0 Å². The van der Waals surface area contributed by atoms with Crippen molar-refractivity contribution in [1.29, 1.82) is 0 Å². The number of fused-ring (bicyclic) bond motifs is 1. The smallest absolute Gasteiger partial charge is 0.236 e. The van der Waals surface area contributed by atoms with E-state index in [1.807, 2.05) is 30.3 Å². The number of carbonyl (C=O) groups excluding carboxylic acids is 1. The standard InChI is InChI=1S/C20H12Cl4N2OS/c21-12-8-13(22)10-15(9-12)28-25-14-4-5-18-11(6-14)7-19(27)26(18)20-16(23)2-1-3-17(20)24/h1-6,8-10,25H,7H2. The number of para-hydroxylation sites is 1. The molecule has 142 valence electrons. The van der Waals surface area contributed by atoms with E-state index in [1.54, 1.807) is 29.2 Å². The van der Waals surface area contributed by atoms with Gasteiger partial charge in [0, 0.05) is 20.6 Å². The average Bonchev–Trinajstić information content (AvgIpc) is 2.94. The van der Waals surface area contributed by atoms with Crippen LogP contribution in [0, 0.1) is 0 Å². The Kier molecular flexibility index (Phi) is 5.68. The molecule has 4 rings (SSSR count). The van der Waals surface area contributed by atoms with E-state index in [-0.39, 0.29) is 12.3 Å². The molecule has 1 amide bonds. The monoisotopic (exact) mass is 468 g/mol. The van der Waals surface area contributed by atoms with Crippen LogP contribution >= 0.6 is 58.4 Å². The van der Waals surface area contributed by atoms with Gasteiger partial charge in [0.15, 0.2) is 0 Å². The first kappa shape index (κ1) is 19.7. The largest absolute Gasteiger partial charge is 0.326 e. The fourth-order valence-electron chi connectivity index (χ4n) is 3.04. The van der Waals surface area contributed by atoms with Crippen molar-refractivity contribution in [2.24, 2.45) is 0 Å². The van der Waals surface area contributed by atoms with E-state index in [0.717, 1.165) is 21.8 Å². The molecule has 28 heavy (non-hydrogen) atoms. The molecule has 0 bridgehead atoms. The number of amides is 1. The number of rotatable bonds is 4. The van der Waals surface area contributed by atoms with E-state index >= 15 is 0 Å². The Morgan fingerprint density at radius 1 is 0.893 bits per heavy atom. The number of hydrogen-bond donors (Lipinski definition) is 1. The van der Waals surface area contributed by atoms with E-state index in [4.69, 9.17) is 46.4 Å². The van der Waals surface area contributed by atoms with Crippen LogP contribution in [0.5, 0.6) is 0 Å². The molecule has 3 aromatic carbocycles. The van der Waals surface area contributed by atoms with E-state index in [9.17, 15) is 4.79 Å². The average molecular weight is 470 g/mol. The van der Waals surface area contributed by atoms with Crippen molar-refractivity contribution in [3.63, 3.8) is 0 Å². The van der Waals surface area contributed by atoms with Gasteiger partial charge >= 0.3 is 0 Å². The quantitative estimate of drug-likeness (QED) is 0.398. The molecule has 8 heteroatoms. The predicted molar refractivity (Wildman–Crippen MR) is 120 cm³/mol. The third kappa shape index (κ3) is 3.93. The Labute approximate surface area is 186 Å². The van der Waals surface area contributed by atoms with Gasteiger partial charge in [0.1, 0.15) is 0 Å². The second-order valence-electron chi connectivity index (χ2n) is 6.13. The topological polar surface area (TPSA) is 32.3 Å². The van der Waals surface area contributed by atoms with Crippen molar-refractivity contribution in [2.45, 2.75) is 11.3 Å². The fraction of sp³-hybridized carbons (Fsp3) is 0.0500. The Morgan fingerprint density at radius 3 is 2.25 bits per heavy atom. The Balaban J connectivity index is 1.60. The van der Waals surface area contributed by atoms with E-state index in [2.05, 4.69) is 4.72 Å². The number of carbonyl (C=O) groups is 1. The van der Waals surface area contributed by atoms with Crippen molar-refractivity contribution in [2.75, 3.05) is 9.62 Å². The zero-order chi connectivity index (χ0) is 19.8. The van der Waals surface area contributed by atoms with Gasteiger partial charge in [-0.05, 0) is 66.0 Å². The number of hydrogen-bond acceptors (Lipinski definition) is 3. The van der Waals surface area contributed by atoms with Crippen molar-refractivity contribution in [1.82, 2.24) is 0 Å². The normalized spacial score (nSPS) is 13.0. The molecule has 1 N–H and O–H groups in total. The van der Waals surface area contributed by atoms with Crippen LogP contribution in [0.2, 0.25) is 20.1 Å². The number of nitrogens with zero attached hydrogens (tertiary/aromatic N) is 1. The highest BCUT2D eigenvalue weighted by molar-refractivity contribution is 8.00. The highest BCUT2D eigenvalue weighted by atomic mass is 35.5. The molecule has 0 saturated carbocycles. The number of halogens is 4. The highest BCUT2D eigenvalue weighted by Crippen LogP contribution is 2.43. The lowest BCUT2D eigenvalue weighted by Gasteiger charge is -2.20. The summed E-state index contributed by atoms with van der Waals surface area (Å²) in [6.45, 7) is 0. The molecule has 0 radical (unpaired) electrons. The minimum absolute atomic E-state index is 0.0728. The van der Waals surface area contributed by atoms with Crippen LogP contribution in [0.4, 0.5) is 17.1 Å².